The van der Waals surface area contributed by atoms with Gasteiger partial charge in [-0.05, 0) is 13.0 Å². The van der Waals surface area contributed by atoms with Crippen LogP contribution in [0.4, 0.5) is 0 Å². The SMILES string of the molecule is CC(C)CNC(=O)CN(C)CCC(=O)N(C)CCC(N)=S. The molecule has 122 valence electrons. The molecule has 6 nitrogen and oxygen atoms in total. The number of amides is 2. The fourth-order valence-electron chi connectivity index (χ4n) is 1.58. The highest BCUT2D eigenvalue weighted by Gasteiger charge is 2.12. The van der Waals surface area contributed by atoms with Gasteiger partial charge >= 0.3 is 0 Å². The summed E-state index contributed by atoms with van der Waals surface area (Å²) in [6.07, 6.45) is 0.910. The van der Waals surface area contributed by atoms with Crippen LogP contribution in [0, 0.1) is 5.92 Å². The number of nitrogens with one attached hydrogen (secondary N) is 1. The Hall–Kier alpha value is -1.21. The van der Waals surface area contributed by atoms with Gasteiger partial charge in [0.05, 0.1) is 11.5 Å². The van der Waals surface area contributed by atoms with Crippen molar-refractivity contribution in [2.45, 2.75) is 26.7 Å². The average molecular weight is 316 g/mol. The minimum absolute atomic E-state index is 0.0134. The van der Waals surface area contributed by atoms with Gasteiger partial charge in [0.25, 0.3) is 0 Å². The summed E-state index contributed by atoms with van der Waals surface area (Å²) in [4.78, 5) is 27.4. The van der Waals surface area contributed by atoms with Crippen molar-refractivity contribution >= 4 is 29.0 Å². The van der Waals surface area contributed by atoms with Crippen LogP contribution in [0.1, 0.15) is 26.7 Å². The molecule has 0 aliphatic rings. The summed E-state index contributed by atoms with van der Waals surface area (Å²) < 4.78 is 0. The highest BCUT2D eigenvalue weighted by Crippen LogP contribution is 1.96. The molecule has 0 aromatic heterocycles. The predicted molar refractivity (Wildman–Crippen MR) is 89.0 cm³/mol. The Kier molecular flexibility index (Phi) is 9.90. The van der Waals surface area contributed by atoms with Gasteiger partial charge in [-0.25, -0.2) is 0 Å². The van der Waals surface area contributed by atoms with E-state index in [-0.39, 0.29) is 11.8 Å². The number of hydrogen-bond acceptors (Lipinski definition) is 4. The van der Waals surface area contributed by atoms with Gasteiger partial charge < -0.3 is 16.0 Å². The minimum atomic E-state index is -0.0134. The van der Waals surface area contributed by atoms with Gasteiger partial charge in [0, 0.05) is 39.5 Å². The predicted octanol–water partition coefficient (Wildman–Crippen LogP) is 0.215. The lowest BCUT2D eigenvalue weighted by Gasteiger charge is -2.20. The number of likely N-dealkylation sites (N-methyl/N-ethyl adjacent to an activating group) is 1. The monoisotopic (exact) mass is 316 g/mol. The topological polar surface area (TPSA) is 78.7 Å². The van der Waals surface area contributed by atoms with E-state index in [0.29, 0.717) is 49.9 Å². The Morgan fingerprint density at radius 3 is 2.33 bits per heavy atom. The summed E-state index contributed by atoms with van der Waals surface area (Å²) in [6.45, 7) is 6.15. The number of rotatable bonds is 10. The van der Waals surface area contributed by atoms with Crippen LogP contribution in [-0.4, -0.2) is 66.9 Å². The Balaban J connectivity index is 3.90. The number of carbonyl (C=O) groups is 2. The van der Waals surface area contributed by atoms with Crippen molar-refractivity contribution < 1.29 is 9.59 Å². The second kappa shape index (κ2) is 10.5. The molecular formula is C14H28N4O2S. The maximum Gasteiger partial charge on any atom is 0.234 e. The van der Waals surface area contributed by atoms with E-state index >= 15 is 0 Å². The molecule has 0 spiro atoms. The third-order valence-corrected chi connectivity index (χ3v) is 3.15. The van der Waals surface area contributed by atoms with Crippen LogP contribution >= 0.6 is 12.2 Å². The van der Waals surface area contributed by atoms with Gasteiger partial charge in [-0.3, -0.25) is 14.5 Å². The molecule has 0 aliphatic carbocycles. The third-order valence-electron chi connectivity index (χ3n) is 2.95. The lowest BCUT2D eigenvalue weighted by Crippen LogP contribution is -2.38. The highest BCUT2D eigenvalue weighted by molar-refractivity contribution is 7.80. The molecule has 0 bridgehead atoms. The van der Waals surface area contributed by atoms with Crippen LogP contribution in [0.5, 0.6) is 0 Å². The van der Waals surface area contributed by atoms with Gasteiger partial charge in [-0.15, -0.1) is 0 Å². The summed E-state index contributed by atoms with van der Waals surface area (Å²) in [6, 6.07) is 0. The molecule has 0 heterocycles. The maximum atomic E-state index is 11.9. The van der Waals surface area contributed by atoms with Gasteiger partial charge in [0.1, 0.15) is 0 Å². The first kappa shape index (κ1) is 19.8. The third kappa shape index (κ3) is 11.2. The molecule has 3 N–H and O–H groups in total. The molecular weight excluding hydrogens is 288 g/mol. The Morgan fingerprint density at radius 1 is 1.19 bits per heavy atom. The molecule has 0 fully saturated rings. The number of hydrogen-bond donors (Lipinski definition) is 2. The zero-order valence-electron chi connectivity index (χ0n) is 13.5. The van der Waals surface area contributed by atoms with Crippen LogP contribution in [-0.2, 0) is 9.59 Å². The molecule has 0 aromatic rings. The van der Waals surface area contributed by atoms with E-state index in [2.05, 4.69) is 5.32 Å². The highest BCUT2D eigenvalue weighted by atomic mass is 32.1. The molecule has 7 heteroatoms. The normalized spacial score (nSPS) is 10.8. The second-order valence-electron chi connectivity index (χ2n) is 5.72. The van der Waals surface area contributed by atoms with Crippen LogP contribution in [0.25, 0.3) is 0 Å². The summed E-state index contributed by atoms with van der Waals surface area (Å²) in [5.41, 5.74) is 5.41. The summed E-state index contributed by atoms with van der Waals surface area (Å²) in [7, 11) is 3.56. The number of thiocarbonyl (C=S) groups is 1. The summed E-state index contributed by atoms with van der Waals surface area (Å²) >= 11 is 4.78. The average Bonchev–Trinajstić information content (AvgIpc) is 2.39. The van der Waals surface area contributed by atoms with Crippen molar-refractivity contribution in [1.82, 2.24) is 15.1 Å². The van der Waals surface area contributed by atoms with Crippen molar-refractivity contribution in [2.24, 2.45) is 11.7 Å². The van der Waals surface area contributed by atoms with E-state index in [1.54, 1.807) is 11.9 Å². The van der Waals surface area contributed by atoms with E-state index in [0.717, 1.165) is 0 Å². The van der Waals surface area contributed by atoms with Crippen molar-refractivity contribution in [2.75, 3.05) is 40.3 Å². The fourth-order valence-corrected chi connectivity index (χ4v) is 1.67. The van der Waals surface area contributed by atoms with Gasteiger partial charge in [-0.2, -0.15) is 0 Å². The van der Waals surface area contributed by atoms with Gasteiger partial charge in [-0.1, -0.05) is 26.1 Å². The van der Waals surface area contributed by atoms with Gasteiger partial charge in [0.2, 0.25) is 11.8 Å². The smallest absolute Gasteiger partial charge is 0.234 e. The molecule has 0 aromatic carbocycles. The van der Waals surface area contributed by atoms with Crippen molar-refractivity contribution in [3.05, 3.63) is 0 Å². The quantitative estimate of drug-likeness (QED) is 0.564. The van der Waals surface area contributed by atoms with E-state index in [4.69, 9.17) is 18.0 Å². The summed E-state index contributed by atoms with van der Waals surface area (Å²) in [5, 5.41) is 2.85. The van der Waals surface area contributed by atoms with Crippen LogP contribution in [0.15, 0.2) is 0 Å². The summed E-state index contributed by atoms with van der Waals surface area (Å²) in [5.74, 6) is 0.448. The van der Waals surface area contributed by atoms with Crippen molar-refractivity contribution in [3.63, 3.8) is 0 Å². The largest absolute Gasteiger partial charge is 0.393 e. The number of nitrogens with zero attached hydrogens (tertiary/aromatic N) is 2. The van der Waals surface area contributed by atoms with Crippen LogP contribution < -0.4 is 11.1 Å². The Morgan fingerprint density at radius 2 is 1.81 bits per heavy atom. The lowest BCUT2D eigenvalue weighted by molar-refractivity contribution is -0.130. The van der Waals surface area contributed by atoms with E-state index in [1.807, 2.05) is 25.8 Å². The Labute approximate surface area is 133 Å². The Bertz CT molecular complexity index is 361. The van der Waals surface area contributed by atoms with Crippen LogP contribution in [0.2, 0.25) is 0 Å². The van der Waals surface area contributed by atoms with Crippen molar-refractivity contribution in [3.8, 4) is 0 Å². The standard InChI is InChI=1S/C14H28N4O2S/c1-11(2)9-16-13(19)10-17(3)7-6-14(20)18(4)8-5-12(15)21/h11H,5-10H2,1-4H3,(H2,15,21)(H,16,19). The molecule has 0 atom stereocenters. The molecule has 0 saturated carbocycles. The van der Waals surface area contributed by atoms with E-state index in [9.17, 15) is 9.59 Å². The van der Waals surface area contributed by atoms with Crippen molar-refractivity contribution in [1.29, 1.82) is 0 Å². The molecule has 2 amide bonds. The molecule has 0 saturated heterocycles. The van der Waals surface area contributed by atoms with Crippen LogP contribution in [0.3, 0.4) is 0 Å². The maximum absolute atomic E-state index is 11.9. The fraction of sp³-hybridized carbons (Fsp3) is 0.786. The molecule has 0 unspecified atom stereocenters. The lowest BCUT2D eigenvalue weighted by atomic mass is 10.2. The zero-order chi connectivity index (χ0) is 16.4. The molecule has 0 aliphatic heterocycles. The molecule has 21 heavy (non-hydrogen) atoms. The second-order valence-corrected chi connectivity index (χ2v) is 6.24. The first-order chi connectivity index (χ1) is 9.72. The number of nitrogens with two attached hydrogens (primary N) is 1. The molecule has 0 rings (SSSR count). The molecule has 0 radical (unpaired) electrons. The minimum Gasteiger partial charge on any atom is -0.393 e. The first-order valence-electron chi connectivity index (χ1n) is 7.19. The number of carbonyl (C=O) groups excluding carboxylic acids is 2. The zero-order valence-corrected chi connectivity index (χ0v) is 14.3. The van der Waals surface area contributed by atoms with E-state index in [1.165, 1.54) is 0 Å². The van der Waals surface area contributed by atoms with Gasteiger partial charge in [0.15, 0.2) is 0 Å². The van der Waals surface area contributed by atoms with E-state index < -0.39 is 0 Å². The first-order valence-corrected chi connectivity index (χ1v) is 7.60.